The minimum Gasteiger partial charge on any atom is -0.478 e. The van der Waals surface area contributed by atoms with Gasteiger partial charge < -0.3 is 5.11 Å². The van der Waals surface area contributed by atoms with Gasteiger partial charge in [-0.25, -0.2) is 9.78 Å². The third-order valence-corrected chi connectivity index (χ3v) is 4.09. The van der Waals surface area contributed by atoms with Crippen LogP contribution in [0.25, 0.3) is 15.3 Å². The average molecular weight is 272 g/mol. The first-order valence-corrected chi connectivity index (χ1v) is 6.67. The lowest BCUT2D eigenvalue weighted by Crippen LogP contribution is -1.97. The Bertz CT molecular complexity index is 766. The molecule has 5 heteroatoms. The van der Waals surface area contributed by atoms with Gasteiger partial charge in [0.15, 0.2) is 5.13 Å². The number of carbonyl (C=O) groups is 1. The molecule has 0 fully saturated rings. The highest BCUT2D eigenvalue weighted by Gasteiger charge is 2.11. The molecule has 2 heterocycles. The summed E-state index contributed by atoms with van der Waals surface area (Å²) in [5.41, 5.74) is 3.37. The fraction of sp³-hybridized carbons (Fsp3) is 0.143. The van der Waals surface area contributed by atoms with Crippen LogP contribution in [-0.2, 0) is 0 Å². The zero-order chi connectivity index (χ0) is 13.6. The highest BCUT2D eigenvalue weighted by Crippen LogP contribution is 2.28. The van der Waals surface area contributed by atoms with Crippen molar-refractivity contribution in [1.29, 1.82) is 0 Å². The van der Waals surface area contributed by atoms with Crippen LogP contribution >= 0.6 is 11.3 Å². The van der Waals surface area contributed by atoms with Crippen LogP contribution in [0.4, 0.5) is 0 Å². The number of fused-ring (bicyclic) bond motifs is 1. The molecule has 0 amide bonds. The van der Waals surface area contributed by atoms with Crippen molar-refractivity contribution in [2.75, 3.05) is 0 Å². The standard InChI is InChI=1S/C14H12N2O2S/c1-8-3-4-9(2)16(8)14-15-11-6-5-10(13(17)18)7-12(11)19-14/h3-7H,1-2H3,(H,17,18). The molecule has 0 aliphatic rings. The van der Waals surface area contributed by atoms with Gasteiger partial charge in [-0.05, 0) is 44.2 Å². The molecule has 19 heavy (non-hydrogen) atoms. The molecular formula is C14H12N2O2S. The lowest BCUT2D eigenvalue weighted by atomic mass is 10.2. The second-order valence-corrected chi connectivity index (χ2v) is 5.44. The van der Waals surface area contributed by atoms with Gasteiger partial charge in [0.1, 0.15) is 0 Å². The molecule has 0 saturated carbocycles. The fourth-order valence-electron chi connectivity index (χ4n) is 2.11. The van der Waals surface area contributed by atoms with Crippen LogP contribution in [-0.4, -0.2) is 20.6 Å². The SMILES string of the molecule is Cc1ccc(C)n1-c1nc2ccc(C(=O)O)cc2s1. The summed E-state index contributed by atoms with van der Waals surface area (Å²) in [6.07, 6.45) is 0. The smallest absolute Gasteiger partial charge is 0.335 e. The first-order valence-electron chi connectivity index (χ1n) is 5.85. The van der Waals surface area contributed by atoms with Crippen LogP contribution in [0.15, 0.2) is 30.3 Å². The summed E-state index contributed by atoms with van der Waals surface area (Å²) in [7, 11) is 0. The van der Waals surface area contributed by atoms with Gasteiger partial charge in [-0.3, -0.25) is 4.57 Å². The molecule has 0 spiro atoms. The number of aromatic carboxylic acids is 1. The number of aromatic nitrogens is 2. The predicted molar refractivity (Wildman–Crippen MR) is 75.4 cm³/mol. The predicted octanol–water partition coefficient (Wildman–Crippen LogP) is 3.40. The van der Waals surface area contributed by atoms with Crippen LogP contribution in [0.5, 0.6) is 0 Å². The first kappa shape index (κ1) is 11.9. The second kappa shape index (κ2) is 4.20. The molecule has 0 unspecified atom stereocenters. The van der Waals surface area contributed by atoms with Crippen LogP contribution < -0.4 is 0 Å². The number of benzene rings is 1. The van der Waals surface area contributed by atoms with Crippen molar-refractivity contribution in [3.63, 3.8) is 0 Å². The summed E-state index contributed by atoms with van der Waals surface area (Å²) in [4.78, 5) is 15.5. The molecule has 0 saturated heterocycles. The summed E-state index contributed by atoms with van der Waals surface area (Å²) >= 11 is 1.50. The normalized spacial score (nSPS) is 11.1. The van der Waals surface area contributed by atoms with E-state index in [-0.39, 0.29) is 0 Å². The maximum absolute atomic E-state index is 11.0. The summed E-state index contributed by atoms with van der Waals surface area (Å²) in [6.45, 7) is 4.06. The third-order valence-electron chi connectivity index (χ3n) is 3.09. The summed E-state index contributed by atoms with van der Waals surface area (Å²) in [5, 5.41) is 9.88. The van der Waals surface area contributed by atoms with E-state index < -0.39 is 5.97 Å². The van der Waals surface area contributed by atoms with E-state index in [0.29, 0.717) is 5.56 Å². The Hall–Kier alpha value is -2.14. The van der Waals surface area contributed by atoms with Gasteiger partial charge >= 0.3 is 5.97 Å². The molecule has 1 aromatic carbocycles. The molecule has 1 N–H and O–H groups in total. The molecule has 3 rings (SSSR count). The largest absolute Gasteiger partial charge is 0.478 e. The van der Waals surface area contributed by atoms with Crippen LogP contribution in [0.3, 0.4) is 0 Å². The lowest BCUT2D eigenvalue weighted by molar-refractivity contribution is 0.0697. The van der Waals surface area contributed by atoms with Crippen molar-refractivity contribution in [1.82, 2.24) is 9.55 Å². The minimum absolute atomic E-state index is 0.295. The molecular weight excluding hydrogens is 260 g/mol. The van der Waals surface area contributed by atoms with E-state index in [1.54, 1.807) is 18.2 Å². The molecule has 0 aliphatic heterocycles. The Labute approximate surface area is 113 Å². The molecule has 0 radical (unpaired) electrons. The van der Waals surface area contributed by atoms with E-state index in [2.05, 4.69) is 9.55 Å². The number of thiazole rings is 1. The molecule has 2 aromatic heterocycles. The minimum atomic E-state index is -0.912. The average Bonchev–Trinajstić information content (AvgIpc) is 2.91. The van der Waals surface area contributed by atoms with Crippen molar-refractivity contribution in [3.8, 4) is 5.13 Å². The Morgan fingerprint density at radius 2 is 1.89 bits per heavy atom. The van der Waals surface area contributed by atoms with Crippen molar-refractivity contribution >= 4 is 27.5 Å². The molecule has 96 valence electrons. The van der Waals surface area contributed by atoms with E-state index in [9.17, 15) is 4.79 Å². The van der Waals surface area contributed by atoms with Gasteiger partial charge in [0, 0.05) is 11.4 Å². The Morgan fingerprint density at radius 1 is 1.21 bits per heavy atom. The summed E-state index contributed by atoms with van der Waals surface area (Å²) < 4.78 is 2.97. The van der Waals surface area contributed by atoms with Crippen molar-refractivity contribution in [2.45, 2.75) is 13.8 Å². The summed E-state index contributed by atoms with van der Waals surface area (Å²) in [6, 6.07) is 9.11. The van der Waals surface area contributed by atoms with Gasteiger partial charge in [0.05, 0.1) is 15.8 Å². The van der Waals surface area contributed by atoms with Crippen molar-refractivity contribution in [3.05, 3.63) is 47.3 Å². The number of hydrogen-bond donors (Lipinski definition) is 1. The van der Waals surface area contributed by atoms with Gasteiger partial charge in [0.2, 0.25) is 0 Å². The highest BCUT2D eigenvalue weighted by atomic mass is 32.1. The Morgan fingerprint density at radius 3 is 2.53 bits per heavy atom. The van der Waals surface area contributed by atoms with E-state index in [4.69, 9.17) is 5.11 Å². The second-order valence-electron chi connectivity index (χ2n) is 4.44. The maximum atomic E-state index is 11.0. The van der Waals surface area contributed by atoms with Crippen LogP contribution in [0.1, 0.15) is 21.7 Å². The molecule has 0 atom stereocenters. The van der Waals surface area contributed by atoms with E-state index in [1.807, 2.05) is 26.0 Å². The number of nitrogens with zero attached hydrogens (tertiary/aromatic N) is 2. The number of rotatable bonds is 2. The number of carboxylic acid groups (broad SMARTS) is 1. The fourth-order valence-corrected chi connectivity index (χ4v) is 3.24. The molecule has 4 nitrogen and oxygen atoms in total. The highest BCUT2D eigenvalue weighted by molar-refractivity contribution is 7.20. The van der Waals surface area contributed by atoms with Crippen LogP contribution in [0, 0.1) is 13.8 Å². The summed E-state index contributed by atoms with van der Waals surface area (Å²) in [5.74, 6) is -0.912. The number of aryl methyl sites for hydroxylation is 2. The van der Waals surface area contributed by atoms with Gasteiger partial charge in [-0.2, -0.15) is 0 Å². The maximum Gasteiger partial charge on any atom is 0.335 e. The van der Waals surface area contributed by atoms with Gasteiger partial charge in [-0.15, -0.1) is 0 Å². The van der Waals surface area contributed by atoms with Crippen molar-refractivity contribution < 1.29 is 9.90 Å². The lowest BCUT2D eigenvalue weighted by Gasteiger charge is -2.03. The molecule has 3 aromatic rings. The van der Waals surface area contributed by atoms with E-state index in [1.165, 1.54) is 11.3 Å². The zero-order valence-electron chi connectivity index (χ0n) is 10.5. The Kier molecular flexibility index (Phi) is 2.64. The third kappa shape index (κ3) is 1.92. The first-order chi connectivity index (χ1) is 9.06. The zero-order valence-corrected chi connectivity index (χ0v) is 11.4. The molecule has 0 bridgehead atoms. The number of hydrogen-bond acceptors (Lipinski definition) is 3. The van der Waals surface area contributed by atoms with Crippen LogP contribution in [0.2, 0.25) is 0 Å². The van der Waals surface area contributed by atoms with E-state index in [0.717, 1.165) is 26.7 Å². The topological polar surface area (TPSA) is 55.1 Å². The van der Waals surface area contributed by atoms with Gasteiger partial charge in [-0.1, -0.05) is 11.3 Å². The molecule has 0 aliphatic carbocycles. The van der Waals surface area contributed by atoms with Gasteiger partial charge in [0.25, 0.3) is 0 Å². The van der Waals surface area contributed by atoms with E-state index >= 15 is 0 Å². The number of carboxylic acids is 1. The van der Waals surface area contributed by atoms with Crippen molar-refractivity contribution in [2.24, 2.45) is 0 Å². The Balaban J connectivity index is 2.19. The quantitative estimate of drug-likeness (QED) is 0.778. The monoisotopic (exact) mass is 272 g/mol.